The van der Waals surface area contributed by atoms with Crippen molar-refractivity contribution in [3.63, 3.8) is 0 Å². The Bertz CT molecular complexity index is 1160. The normalized spacial score (nSPS) is 35.7. The molecule has 2 fully saturated rings. The Balaban J connectivity index is 0.00000124. The van der Waals surface area contributed by atoms with Gasteiger partial charge >= 0.3 is 11.6 Å². The molecular formula is C30H43NO6. The van der Waals surface area contributed by atoms with Crippen molar-refractivity contribution < 1.29 is 23.8 Å². The van der Waals surface area contributed by atoms with Crippen LogP contribution in [0.4, 0.5) is 0 Å². The number of carbonyl (C=O) groups excluding carboxylic acids is 1. The molecule has 7 heteroatoms. The molecule has 5 rings (SSSR count). The van der Waals surface area contributed by atoms with E-state index < -0.39 is 29.4 Å². The molecule has 37 heavy (non-hydrogen) atoms. The summed E-state index contributed by atoms with van der Waals surface area (Å²) in [6, 6.07) is 5.19. The van der Waals surface area contributed by atoms with Crippen molar-refractivity contribution in [2.75, 3.05) is 0 Å². The summed E-state index contributed by atoms with van der Waals surface area (Å²) in [5, 5.41) is 11.8. The van der Waals surface area contributed by atoms with Gasteiger partial charge in [0.2, 0.25) is 0 Å². The van der Waals surface area contributed by atoms with Crippen LogP contribution in [0.25, 0.3) is 11.3 Å². The first-order valence-corrected chi connectivity index (χ1v) is 13.2. The number of pyridine rings is 1. The average Bonchev–Trinajstić information content (AvgIpc) is 2.84. The van der Waals surface area contributed by atoms with Gasteiger partial charge in [-0.05, 0) is 61.5 Å². The molecule has 2 aromatic rings. The van der Waals surface area contributed by atoms with Crippen molar-refractivity contribution in [1.82, 2.24) is 4.98 Å². The van der Waals surface area contributed by atoms with E-state index in [1.165, 1.54) is 6.92 Å². The zero-order valence-electron chi connectivity index (χ0n) is 22.4. The Morgan fingerprint density at radius 1 is 1.24 bits per heavy atom. The molecule has 0 radical (unpaired) electrons. The highest BCUT2D eigenvalue weighted by Crippen LogP contribution is 2.65. The third kappa shape index (κ3) is 4.60. The molecule has 1 aliphatic heterocycles. The maximum Gasteiger partial charge on any atom is 0.345 e. The second-order valence-electron chi connectivity index (χ2n) is 10.9. The molecule has 0 amide bonds. The highest BCUT2D eigenvalue weighted by atomic mass is 16.6. The number of hydrogen-bond donors (Lipinski definition) is 1. The van der Waals surface area contributed by atoms with Crippen LogP contribution in [-0.4, -0.2) is 27.8 Å². The number of hydrogen-bond acceptors (Lipinski definition) is 7. The molecule has 2 saturated carbocycles. The monoisotopic (exact) mass is 513 g/mol. The van der Waals surface area contributed by atoms with E-state index in [-0.39, 0.29) is 36.0 Å². The smallest absolute Gasteiger partial charge is 0.345 e. The molecule has 1 N–H and O–H groups in total. The van der Waals surface area contributed by atoms with Crippen LogP contribution >= 0.6 is 0 Å². The Labute approximate surface area is 220 Å². The van der Waals surface area contributed by atoms with E-state index in [1.54, 1.807) is 30.6 Å². The minimum Gasteiger partial charge on any atom is -0.482 e. The van der Waals surface area contributed by atoms with Gasteiger partial charge in [0.05, 0.1) is 6.10 Å². The minimum absolute atomic E-state index is 0. The highest BCUT2D eigenvalue weighted by Gasteiger charge is 2.67. The van der Waals surface area contributed by atoms with E-state index in [4.69, 9.17) is 13.9 Å². The zero-order valence-corrected chi connectivity index (χ0v) is 22.4. The molecule has 0 spiro atoms. The predicted octanol–water partition coefficient (Wildman–Crippen LogP) is 6.19. The number of aromatic nitrogens is 1. The number of carbonyl (C=O) groups is 1. The van der Waals surface area contributed by atoms with Crippen molar-refractivity contribution in [3.05, 3.63) is 46.6 Å². The van der Waals surface area contributed by atoms with Gasteiger partial charge in [-0.25, -0.2) is 4.79 Å². The third-order valence-corrected chi connectivity index (χ3v) is 9.10. The Hall–Kier alpha value is -2.67. The van der Waals surface area contributed by atoms with Gasteiger partial charge in [0.1, 0.15) is 28.8 Å². The molecule has 3 heterocycles. The molecule has 0 bridgehead atoms. The van der Waals surface area contributed by atoms with Crippen LogP contribution in [0.5, 0.6) is 5.75 Å². The molecule has 2 aliphatic carbocycles. The van der Waals surface area contributed by atoms with Crippen LogP contribution in [0.3, 0.4) is 0 Å². The molecule has 2 aromatic heterocycles. The summed E-state index contributed by atoms with van der Waals surface area (Å²) < 4.78 is 18.1. The summed E-state index contributed by atoms with van der Waals surface area (Å²) in [5.74, 6) is 0.921. The SMILES string of the molecule is C.CC.CC(=O)OC1CC2C(C)C(C)CCC2(C)C2C(O)c3c(cc(-c4cccnc4)oc3=O)OC12C. The van der Waals surface area contributed by atoms with Crippen molar-refractivity contribution in [2.24, 2.45) is 29.1 Å². The van der Waals surface area contributed by atoms with Gasteiger partial charge in [-0.1, -0.05) is 42.0 Å². The first kappa shape index (κ1) is 28.9. The largest absolute Gasteiger partial charge is 0.482 e. The number of fused-ring (bicyclic) bond motifs is 4. The Morgan fingerprint density at radius 2 is 1.95 bits per heavy atom. The molecule has 3 aliphatic rings. The fraction of sp³-hybridized carbons (Fsp3) is 0.633. The van der Waals surface area contributed by atoms with Gasteiger partial charge in [-0.2, -0.15) is 0 Å². The molecule has 0 aromatic carbocycles. The number of ether oxygens (including phenoxy) is 2. The van der Waals surface area contributed by atoms with Gasteiger partial charge in [0, 0.05) is 36.9 Å². The second-order valence-corrected chi connectivity index (χ2v) is 10.9. The number of esters is 1. The average molecular weight is 514 g/mol. The lowest BCUT2D eigenvalue weighted by atomic mass is 9.45. The second kappa shape index (κ2) is 10.6. The highest BCUT2D eigenvalue weighted by molar-refractivity contribution is 5.66. The Kier molecular flexibility index (Phi) is 8.28. The summed E-state index contributed by atoms with van der Waals surface area (Å²) in [6.07, 6.45) is 4.21. The third-order valence-electron chi connectivity index (χ3n) is 9.10. The van der Waals surface area contributed by atoms with Gasteiger partial charge in [0.15, 0.2) is 0 Å². The topological polar surface area (TPSA) is 98.9 Å². The van der Waals surface area contributed by atoms with E-state index in [2.05, 4.69) is 25.8 Å². The Morgan fingerprint density at radius 3 is 2.57 bits per heavy atom. The molecule has 8 atom stereocenters. The maximum absolute atomic E-state index is 13.2. The summed E-state index contributed by atoms with van der Waals surface area (Å²) in [4.78, 5) is 29.4. The lowest BCUT2D eigenvalue weighted by Crippen LogP contribution is -2.68. The van der Waals surface area contributed by atoms with Gasteiger partial charge in [-0.15, -0.1) is 0 Å². The van der Waals surface area contributed by atoms with Crippen LogP contribution in [0.15, 0.2) is 39.8 Å². The molecular weight excluding hydrogens is 470 g/mol. The van der Waals surface area contributed by atoms with E-state index in [9.17, 15) is 14.7 Å². The fourth-order valence-corrected chi connectivity index (χ4v) is 7.23. The van der Waals surface area contributed by atoms with E-state index in [0.29, 0.717) is 29.6 Å². The predicted molar refractivity (Wildman–Crippen MR) is 143 cm³/mol. The maximum atomic E-state index is 13.2. The fourth-order valence-electron chi connectivity index (χ4n) is 7.23. The number of rotatable bonds is 2. The van der Waals surface area contributed by atoms with Crippen LogP contribution < -0.4 is 10.4 Å². The minimum atomic E-state index is -1.10. The molecule has 7 nitrogen and oxygen atoms in total. The summed E-state index contributed by atoms with van der Waals surface area (Å²) in [5.41, 5.74) is -1.12. The van der Waals surface area contributed by atoms with Crippen LogP contribution in [0.2, 0.25) is 0 Å². The summed E-state index contributed by atoms with van der Waals surface area (Å²) >= 11 is 0. The first-order chi connectivity index (χ1) is 17.1. The standard InChI is InChI=1S/C27H33NO6.C2H6.CH4/c1-14-8-9-26(4)18(15(14)2)11-21(32-16(3)29)27(5)24(26)23(30)22-20(34-27)12-19(33-25(22)31)17-7-6-10-28-13-17;1-2;/h6-7,10,12-15,18,21,23-24,30H,8-9,11H2,1-5H3;1-2H3;1H4. The molecule has 8 unspecified atom stereocenters. The summed E-state index contributed by atoms with van der Waals surface area (Å²) in [7, 11) is 0. The van der Waals surface area contributed by atoms with Crippen LogP contribution in [0, 0.1) is 29.1 Å². The lowest BCUT2D eigenvalue weighted by Gasteiger charge is -2.64. The van der Waals surface area contributed by atoms with Crippen LogP contribution in [-0.2, 0) is 9.53 Å². The van der Waals surface area contributed by atoms with Crippen LogP contribution in [0.1, 0.15) is 86.8 Å². The van der Waals surface area contributed by atoms with Crippen molar-refractivity contribution in [1.29, 1.82) is 0 Å². The van der Waals surface area contributed by atoms with E-state index >= 15 is 0 Å². The van der Waals surface area contributed by atoms with E-state index in [0.717, 1.165) is 12.8 Å². The lowest BCUT2D eigenvalue weighted by molar-refractivity contribution is -0.245. The first-order valence-electron chi connectivity index (χ1n) is 13.2. The van der Waals surface area contributed by atoms with Crippen molar-refractivity contribution in [3.8, 4) is 17.1 Å². The molecule has 204 valence electrons. The van der Waals surface area contributed by atoms with Gasteiger partial charge in [0.25, 0.3) is 0 Å². The van der Waals surface area contributed by atoms with Crippen molar-refractivity contribution >= 4 is 5.97 Å². The zero-order chi connectivity index (χ0) is 26.4. The summed E-state index contributed by atoms with van der Waals surface area (Å²) in [6.45, 7) is 14.0. The quantitative estimate of drug-likeness (QED) is 0.478. The molecule has 0 saturated heterocycles. The van der Waals surface area contributed by atoms with Crippen molar-refractivity contribution in [2.45, 2.75) is 93.0 Å². The van der Waals surface area contributed by atoms with Gasteiger partial charge < -0.3 is 19.0 Å². The number of aliphatic hydroxyl groups excluding tert-OH is 1. The van der Waals surface area contributed by atoms with Gasteiger partial charge in [-0.3, -0.25) is 9.78 Å². The number of aliphatic hydroxyl groups is 1. The van der Waals surface area contributed by atoms with E-state index in [1.807, 2.05) is 20.8 Å². The number of nitrogens with zero attached hydrogens (tertiary/aromatic N) is 1.